The molecule has 0 saturated carbocycles. The van der Waals surface area contributed by atoms with Crippen LogP contribution in [0.1, 0.15) is 43.2 Å². The van der Waals surface area contributed by atoms with E-state index in [-0.39, 0.29) is 5.91 Å². The molecule has 0 unspecified atom stereocenters. The van der Waals surface area contributed by atoms with Crippen molar-refractivity contribution in [3.05, 3.63) is 41.5 Å². The average molecular weight is 300 g/mol. The fraction of sp³-hybridized carbons (Fsp3) is 0.526. The predicted octanol–water partition coefficient (Wildman–Crippen LogP) is 3.39. The molecule has 1 aromatic rings. The zero-order chi connectivity index (χ0) is 15.6. The normalized spacial score (nSPS) is 16.6. The molecule has 1 aromatic carbocycles. The fourth-order valence-electron chi connectivity index (χ4n) is 2.78. The summed E-state index contributed by atoms with van der Waals surface area (Å²) >= 11 is 0. The maximum Gasteiger partial charge on any atom is 0.243 e. The smallest absolute Gasteiger partial charge is 0.243 e. The monoisotopic (exact) mass is 300 g/mol. The minimum Gasteiger partial charge on any atom is -0.353 e. The molecule has 3 heteroatoms. The Morgan fingerprint density at radius 1 is 1.14 bits per heavy atom. The Bertz CT molecular complexity index is 471. The lowest BCUT2D eigenvalue weighted by Gasteiger charge is -2.19. The number of nitrogens with zero attached hydrogens (tertiary/aromatic N) is 1. The number of amides is 1. The molecular formula is C19H28N2O. The highest BCUT2D eigenvalue weighted by Crippen LogP contribution is 2.09. The van der Waals surface area contributed by atoms with Crippen molar-refractivity contribution in [3.8, 4) is 0 Å². The van der Waals surface area contributed by atoms with E-state index in [1.807, 2.05) is 18.2 Å². The summed E-state index contributed by atoms with van der Waals surface area (Å²) in [7, 11) is 0. The first kappa shape index (κ1) is 16.8. The van der Waals surface area contributed by atoms with Crippen LogP contribution >= 0.6 is 0 Å². The standard InChI is InChI=1S/C19H28N2O/c1-17-7-9-18(10-8-17)11-12-19(22)20-13-6-16-21-14-4-2-3-5-15-21/h7-12H,2-6,13-16H2,1H3,(H,20,22)/b12-11+. The number of rotatable bonds is 6. The van der Waals surface area contributed by atoms with Crippen LogP contribution in [0.25, 0.3) is 6.08 Å². The molecule has 0 atom stereocenters. The Morgan fingerprint density at radius 2 is 1.82 bits per heavy atom. The van der Waals surface area contributed by atoms with Crippen LogP contribution in [0.3, 0.4) is 0 Å². The van der Waals surface area contributed by atoms with Crippen molar-refractivity contribution in [2.24, 2.45) is 0 Å². The molecule has 0 spiro atoms. The lowest BCUT2D eigenvalue weighted by atomic mass is 10.1. The molecule has 3 nitrogen and oxygen atoms in total. The van der Waals surface area contributed by atoms with E-state index < -0.39 is 0 Å². The fourth-order valence-corrected chi connectivity index (χ4v) is 2.78. The van der Waals surface area contributed by atoms with Crippen molar-refractivity contribution in [1.29, 1.82) is 0 Å². The third-order valence-electron chi connectivity index (χ3n) is 4.15. The summed E-state index contributed by atoms with van der Waals surface area (Å²) in [5, 5.41) is 2.97. The van der Waals surface area contributed by atoms with Crippen LogP contribution in [0.4, 0.5) is 0 Å². The van der Waals surface area contributed by atoms with Crippen molar-refractivity contribution in [2.75, 3.05) is 26.2 Å². The molecule has 0 bridgehead atoms. The van der Waals surface area contributed by atoms with Crippen LogP contribution < -0.4 is 5.32 Å². The number of carbonyl (C=O) groups is 1. The second kappa shape index (κ2) is 9.42. The molecule has 1 fully saturated rings. The van der Waals surface area contributed by atoms with Gasteiger partial charge in [0, 0.05) is 12.6 Å². The van der Waals surface area contributed by atoms with Gasteiger partial charge < -0.3 is 10.2 Å². The summed E-state index contributed by atoms with van der Waals surface area (Å²) in [6, 6.07) is 8.16. The van der Waals surface area contributed by atoms with Crippen LogP contribution in [0.2, 0.25) is 0 Å². The van der Waals surface area contributed by atoms with Crippen molar-refractivity contribution in [2.45, 2.75) is 39.0 Å². The molecule has 1 N–H and O–H groups in total. The number of nitrogens with one attached hydrogen (secondary N) is 1. The SMILES string of the molecule is Cc1ccc(/C=C/C(=O)NCCCN2CCCCCC2)cc1. The maximum atomic E-state index is 11.8. The summed E-state index contributed by atoms with van der Waals surface area (Å²) in [6.45, 7) is 6.36. The number of likely N-dealkylation sites (tertiary alicyclic amines) is 1. The lowest BCUT2D eigenvalue weighted by molar-refractivity contribution is -0.116. The van der Waals surface area contributed by atoms with Gasteiger partial charge in [0.1, 0.15) is 0 Å². The topological polar surface area (TPSA) is 32.3 Å². The van der Waals surface area contributed by atoms with E-state index in [9.17, 15) is 4.79 Å². The molecule has 1 aliphatic heterocycles. The third kappa shape index (κ3) is 6.44. The molecule has 0 aliphatic carbocycles. The van der Waals surface area contributed by atoms with Gasteiger partial charge in [-0.1, -0.05) is 42.7 Å². The Labute approximate surface area is 134 Å². The molecule has 1 aliphatic rings. The highest BCUT2D eigenvalue weighted by Gasteiger charge is 2.07. The van der Waals surface area contributed by atoms with Crippen LogP contribution in [-0.2, 0) is 4.79 Å². The van der Waals surface area contributed by atoms with Crippen LogP contribution in [0, 0.1) is 6.92 Å². The van der Waals surface area contributed by atoms with E-state index >= 15 is 0 Å². The molecule has 0 radical (unpaired) electrons. The van der Waals surface area contributed by atoms with Gasteiger partial charge in [0.25, 0.3) is 0 Å². The quantitative estimate of drug-likeness (QED) is 0.645. The van der Waals surface area contributed by atoms with E-state index in [4.69, 9.17) is 0 Å². The van der Waals surface area contributed by atoms with Gasteiger partial charge in [0.2, 0.25) is 5.91 Å². The zero-order valence-corrected chi connectivity index (χ0v) is 13.7. The Morgan fingerprint density at radius 3 is 2.50 bits per heavy atom. The molecule has 1 heterocycles. The summed E-state index contributed by atoms with van der Waals surface area (Å²) < 4.78 is 0. The zero-order valence-electron chi connectivity index (χ0n) is 13.7. The van der Waals surface area contributed by atoms with E-state index in [1.165, 1.54) is 44.3 Å². The lowest BCUT2D eigenvalue weighted by Crippen LogP contribution is -2.29. The largest absolute Gasteiger partial charge is 0.353 e. The van der Waals surface area contributed by atoms with E-state index in [1.54, 1.807) is 6.08 Å². The highest BCUT2D eigenvalue weighted by molar-refractivity contribution is 5.91. The van der Waals surface area contributed by atoms with Gasteiger partial charge in [-0.25, -0.2) is 0 Å². The Kier molecular flexibility index (Phi) is 7.17. The second-order valence-corrected chi connectivity index (χ2v) is 6.14. The van der Waals surface area contributed by atoms with Gasteiger partial charge in [-0.15, -0.1) is 0 Å². The Balaban J connectivity index is 1.62. The summed E-state index contributed by atoms with van der Waals surface area (Å²) in [6.07, 6.45) is 9.91. The number of carbonyl (C=O) groups excluding carboxylic acids is 1. The van der Waals surface area contributed by atoms with E-state index in [0.29, 0.717) is 0 Å². The van der Waals surface area contributed by atoms with Gasteiger partial charge in [-0.05, 0) is 57.5 Å². The molecule has 2 rings (SSSR count). The first-order chi connectivity index (χ1) is 10.7. The van der Waals surface area contributed by atoms with Gasteiger partial charge >= 0.3 is 0 Å². The van der Waals surface area contributed by atoms with Crippen LogP contribution in [0.15, 0.2) is 30.3 Å². The molecule has 1 amide bonds. The highest BCUT2D eigenvalue weighted by atomic mass is 16.1. The molecule has 0 aromatic heterocycles. The van der Waals surface area contributed by atoms with Crippen molar-refractivity contribution < 1.29 is 4.79 Å². The third-order valence-corrected chi connectivity index (χ3v) is 4.15. The maximum absolute atomic E-state index is 11.8. The van der Waals surface area contributed by atoms with Gasteiger partial charge in [0.05, 0.1) is 0 Å². The second-order valence-electron chi connectivity index (χ2n) is 6.14. The van der Waals surface area contributed by atoms with Gasteiger partial charge in [0.15, 0.2) is 0 Å². The van der Waals surface area contributed by atoms with E-state index in [0.717, 1.165) is 25.1 Å². The van der Waals surface area contributed by atoms with Crippen LogP contribution in [0.5, 0.6) is 0 Å². The summed E-state index contributed by atoms with van der Waals surface area (Å²) in [5.41, 5.74) is 2.29. The number of hydrogen-bond acceptors (Lipinski definition) is 2. The molecular weight excluding hydrogens is 272 g/mol. The van der Waals surface area contributed by atoms with Crippen LogP contribution in [-0.4, -0.2) is 37.0 Å². The van der Waals surface area contributed by atoms with Crippen molar-refractivity contribution in [3.63, 3.8) is 0 Å². The minimum atomic E-state index is -0.00330. The van der Waals surface area contributed by atoms with Crippen molar-refractivity contribution >= 4 is 12.0 Å². The van der Waals surface area contributed by atoms with E-state index in [2.05, 4.69) is 29.3 Å². The number of hydrogen-bond donors (Lipinski definition) is 1. The molecule has 120 valence electrons. The summed E-state index contributed by atoms with van der Waals surface area (Å²) in [5.74, 6) is -0.00330. The number of aryl methyl sites for hydroxylation is 1. The van der Waals surface area contributed by atoms with Gasteiger partial charge in [-0.2, -0.15) is 0 Å². The first-order valence-corrected chi connectivity index (χ1v) is 8.49. The summed E-state index contributed by atoms with van der Waals surface area (Å²) in [4.78, 5) is 14.3. The molecule has 1 saturated heterocycles. The van der Waals surface area contributed by atoms with Gasteiger partial charge in [-0.3, -0.25) is 4.79 Å². The first-order valence-electron chi connectivity index (χ1n) is 8.49. The predicted molar refractivity (Wildman–Crippen MR) is 92.7 cm³/mol. The average Bonchev–Trinajstić information content (AvgIpc) is 2.80. The minimum absolute atomic E-state index is 0.00330. The molecule has 22 heavy (non-hydrogen) atoms. The van der Waals surface area contributed by atoms with Crippen molar-refractivity contribution in [1.82, 2.24) is 10.2 Å². The Hall–Kier alpha value is -1.61. The number of benzene rings is 1.